The van der Waals surface area contributed by atoms with Crippen molar-refractivity contribution in [2.45, 2.75) is 43.4 Å². The molecule has 0 saturated carbocycles. The van der Waals surface area contributed by atoms with Gasteiger partial charge in [0.25, 0.3) is 5.91 Å². The minimum atomic E-state index is -0.552. The third-order valence-corrected chi connectivity index (χ3v) is 7.93. The van der Waals surface area contributed by atoms with Crippen molar-refractivity contribution >= 4 is 17.7 Å². The van der Waals surface area contributed by atoms with Crippen molar-refractivity contribution in [1.29, 1.82) is 0 Å². The zero-order valence-electron chi connectivity index (χ0n) is 18.6. The van der Waals surface area contributed by atoms with E-state index in [2.05, 4.69) is 23.2 Å². The summed E-state index contributed by atoms with van der Waals surface area (Å²) in [6.07, 6.45) is 4.24. The summed E-state index contributed by atoms with van der Waals surface area (Å²) in [5.41, 5.74) is 2.82. The quantitative estimate of drug-likeness (QED) is 0.499. The third kappa shape index (κ3) is 3.86. The van der Waals surface area contributed by atoms with E-state index in [9.17, 15) is 14.7 Å². The van der Waals surface area contributed by atoms with Crippen molar-refractivity contribution in [3.63, 3.8) is 0 Å². The van der Waals surface area contributed by atoms with Gasteiger partial charge >= 0.3 is 0 Å². The monoisotopic (exact) mass is 491 g/mol. The standard InChI is InChI=1S/C26H25N3O4S.CH4/c30-19-11-13-28-24(25(19)31)26(32)27-12-4-1-5-14-33-20-9-6-7-17-15-34-21-10-3-2-8-18(21)23(22(17)20)29(28)16-27;/h2-3,6-11,13,23,31H,1,4-5,12,14-16H2;1H4/t23-;/m0./s1. The number of carbonyl (C=O) groups excluding carboxylic acids is 1. The zero-order valence-corrected chi connectivity index (χ0v) is 19.5. The van der Waals surface area contributed by atoms with Crippen LogP contribution in [-0.4, -0.2) is 40.4 Å². The average Bonchev–Trinajstić information content (AvgIpc) is 3.01. The Kier molecular flexibility index (Phi) is 6.23. The van der Waals surface area contributed by atoms with Gasteiger partial charge in [-0.3, -0.25) is 19.3 Å². The number of carbonyl (C=O) groups is 1. The summed E-state index contributed by atoms with van der Waals surface area (Å²) in [6.45, 7) is 1.51. The minimum absolute atomic E-state index is 0. The van der Waals surface area contributed by atoms with E-state index in [4.69, 9.17) is 4.74 Å². The Morgan fingerprint density at radius 1 is 1.00 bits per heavy atom. The molecule has 0 fully saturated rings. The van der Waals surface area contributed by atoms with Gasteiger partial charge in [-0.05, 0) is 42.5 Å². The molecule has 8 heteroatoms. The maximum atomic E-state index is 13.4. The van der Waals surface area contributed by atoms with Crippen LogP contribution in [0.3, 0.4) is 0 Å². The predicted octanol–water partition coefficient (Wildman–Crippen LogP) is 4.50. The Bertz CT molecular complexity index is 1340. The van der Waals surface area contributed by atoms with Gasteiger partial charge in [0.1, 0.15) is 18.5 Å². The van der Waals surface area contributed by atoms with Crippen LogP contribution in [-0.2, 0) is 5.75 Å². The first-order chi connectivity index (χ1) is 16.6. The van der Waals surface area contributed by atoms with Gasteiger partial charge in [-0.25, -0.2) is 0 Å². The molecule has 35 heavy (non-hydrogen) atoms. The van der Waals surface area contributed by atoms with E-state index in [1.165, 1.54) is 11.6 Å². The normalized spacial score (nSPS) is 19.0. The number of ether oxygens (including phenoxy) is 1. The first kappa shape index (κ1) is 23.4. The summed E-state index contributed by atoms with van der Waals surface area (Å²) in [4.78, 5) is 28.6. The van der Waals surface area contributed by atoms with Crippen LogP contribution >= 0.6 is 11.8 Å². The van der Waals surface area contributed by atoms with Gasteiger partial charge in [0.05, 0.1) is 6.61 Å². The molecule has 182 valence electrons. The van der Waals surface area contributed by atoms with Crippen molar-refractivity contribution in [2.75, 3.05) is 24.8 Å². The lowest BCUT2D eigenvalue weighted by Crippen LogP contribution is -2.55. The Hall–Kier alpha value is -3.39. The second-order valence-corrected chi connectivity index (χ2v) is 9.86. The van der Waals surface area contributed by atoms with E-state index in [1.807, 2.05) is 24.3 Å². The number of aromatic hydroxyl groups is 1. The topological polar surface area (TPSA) is 75.0 Å². The molecule has 3 aromatic rings. The highest BCUT2D eigenvalue weighted by Gasteiger charge is 2.39. The van der Waals surface area contributed by atoms with Crippen molar-refractivity contribution in [3.05, 3.63) is 87.3 Å². The number of aromatic nitrogens is 1. The molecule has 6 rings (SSSR count). The third-order valence-electron chi connectivity index (χ3n) is 6.79. The number of benzene rings is 2. The van der Waals surface area contributed by atoms with Gasteiger partial charge in [0, 0.05) is 35.0 Å². The molecule has 1 aromatic heterocycles. The predicted molar refractivity (Wildman–Crippen MR) is 137 cm³/mol. The molecule has 1 N–H and O–H groups in total. The number of amides is 1. The van der Waals surface area contributed by atoms with Crippen LogP contribution in [0.4, 0.5) is 0 Å². The van der Waals surface area contributed by atoms with E-state index in [0.29, 0.717) is 19.8 Å². The lowest BCUT2D eigenvalue weighted by atomic mass is 9.93. The maximum absolute atomic E-state index is 13.4. The molecule has 1 atom stereocenters. The van der Waals surface area contributed by atoms with Gasteiger partial charge in [0.2, 0.25) is 5.43 Å². The minimum Gasteiger partial charge on any atom is -0.502 e. The molecule has 2 aromatic carbocycles. The number of hydrogen-bond donors (Lipinski definition) is 1. The molecule has 0 radical (unpaired) electrons. The van der Waals surface area contributed by atoms with E-state index in [-0.39, 0.29) is 25.1 Å². The van der Waals surface area contributed by atoms with Gasteiger partial charge in [-0.2, -0.15) is 0 Å². The molecule has 0 unspecified atom stereocenters. The molecule has 0 spiro atoms. The number of rotatable bonds is 0. The lowest BCUT2D eigenvalue weighted by Gasteiger charge is -2.44. The van der Waals surface area contributed by atoms with Gasteiger partial charge in [-0.15, -0.1) is 11.8 Å². The van der Waals surface area contributed by atoms with Gasteiger partial charge in [-0.1, -0.05) is 37.8 Å². The van der Waals surface area contributed by atoms with Crippen molar-refractivity contribution < 1.29 is 14.6 Å². The molecule has 4 heterocycles. The maximum Gasteiger partial charge on any atom is 0.277 e. The highest BCUT2D eigenvalue weighted by atomic mass is 32.2. The summed E-state index contributed by atoms with van der Waals surface area (Å²) in [5, 5.41) is 12.8. The first-order valence-corrected chi connectivity index (χ1v) is 12.6. The molecule has 0 aliphatic carbocycles. The second kappa shape index (κ2) is 9.34. The highest BCUT2D eigenvalue weighted by Crippen LogP contribution is 2.46. The van der Waals surface area contributed by atoms with E-state index in [0.717, 1.165) is 46.8 Å². The molecular formula is C27H29N3O4S. The number of pyridine rings is 1. The summed E-state index contributed by atoms with van der Waals surface area (Å²) in [5.74, 6) is 0.828. The fourth-order valence-corrected chi connectivity index (χ4v) is 6.22. The summed E-state index contributed by atoms with van der Waals surface area (Å²) in [7, 11) is 0. The van der Waals surface area contributed by atoms with Crippen molar-refractivity contribution in [3.8, 4) is 11.5 Å². The molecule has 7 nitrogen and oxygen atoms in total. The Balaban J connectivity index is 0.00000253. The summed E-state index contributed by atoms with van der Waals surface area (Å²) < 4.78 is 8.01. The Labute approximate surface area is 208 Å². The SMILES string of the molecule is C.O=C1c2c(O)c(=O)ccn2N2CN1CCCCCOc1cccc3c1[C@@H]2c1ccccc1SC3. The smallest absolute Gasteiger partial charge is 0.277 e. The van der Waals surface area contributed by atoms with E-state index < -0.39 is 11.2 Å². The van der Waals surface area contributed by atoms with Crippen LogP contribution < -0.4 is 15.2 Å². The van der Waals surface area contributed by atoms with Crippen molar-refractivity contribution in [1.82, 2.24) is 9.58 Å². The summed E-state index contributed by atoms with van der Waals surface area (Å²) >= 11 is 1.79. The number of thioether (sulfide) groups is 1. The van der Waals surface area contributed by atoms with Crippen LogP contribution in [0.1, 0.15) is 59.9 Å². The summed E-state index contributed by atoms with van der Waals surface area (Å²) in [6, 6.07) is 15.6. The van der Waals surface area contributed by atoms with E-state index in [1.54, 1.807) is 27.5 Å². The fraction of sp³-hybridized carbons (Fsp3) is 0.333. The molecule has 0 saturated heterocycles. The average molecular weight is 492 g/mol. The number of nitrogens with zero attached hydrogens (tertiary/aromatic N) is 3. The molecule has 3 aliphatic heterocycles. The number of fused-ring (bicyclic) bond motifs is 7. The van der Waals surface area contributed by atoms with Crippen LogP contribution in [0.2, 0.25) is 0 Å². The van der Waals surface area contributed by atoms with Crippen LogP contribution in [0.5, 0.6) is 11.5 Å². The molecular weight excluding hydrogens is 462 g/mol. The molecule has 1 amide bonds. The first-order valence-electron chi connectivity index (χ1n) is 11.6. The van der Waals surface area contributed by atoms with Crippen LogP contribution in [0.15, 0.2) is 64.4 Å². The molecule has 3 aliphatic rings. The highest BCUT2D eigenvalue weighted by molar-refractivity contribution is 7.98. The second-order valence-electron chi connectivity index (χ2n) is 8.84. The van der Waals surface area contributed by atoms with Gasteiger partial charge < -0.3 is 14.7 Å². The molecule has 2 bridgehead atoms. The Morgan fingerprint density at radius 3 is 2.74 bits per heavy atom. The van der Waals surface area contributed by atoms with E-state index >= 15 is 0 Å². The fourth-order valence-electron chi connectivity index (χ4n) is 5.14. The van der Waals surface area contributed by atoms with Gasteiger partial charge in [0.15, 0.2) is 11.4 Å². The zero-order chi connectivity index (χ0) is 23.2. The largest absolute Gasteiger partial charge is 0.502 e. The van der Waals surface area contributed by atoms with Crippen molar-refractivity contribution in [2.24, 2.45) is 0 Å². The lowest BCUT2D eigenvalue weighted by molar-refractivity contribution is 0.0674. The van der Waals surface area contributed by atoms with Crippen LogP contribution in [0.25, 0.3) is 0 Å². The number of hydrogen-bond acceptors (Lipinski definition) is 6. The van der Waals surface area contributed by atoms with Crippen LogP contribution in [0, 0.1) is 0 Å². The Morgan fingerprint density at radius 2 is 1.86 bits per heavy atom.